The third-order valence-electron chi connectivity index (χ3n) is 2.56. The Hall–Kier alpha value is -1.69. The number of aromatic nitrogens is 2. The van der Waals surface area contributed by atoms with Crippen molar-refractivity contribution in [2.45, 2.75) is 39.7 Å². The number of aliphatic hydroxyl groups excluding tert-OH is 1. The molecule has 1 aromatic rings. The molecule has 0 aliphatic heterocycles. The number of ether oxygens (including phenoxy) is 1. The summed E-state index contributed by atoms with van der Waals surface area (Å²) in [6.45, 7) is 6.27. The van der Waals surface area contributed by atoms with Crippen LogP contribution in [-0.4, -0.2) is 40.3 Å². The van der Waals surface area contributed by atoms with Crippen molar-refractivity contribution in [3.63, 3.8) is 0 Å². The van der Waals surface area contributed by atoms with E-state index in [0.717, 1.165) is 12.8 Å². The summed E-state index contributed by atoms with van der Waals surface area (Å²) < 4.78 is 4.91. The molecule has 1 aromatic heterocycles. The lowest BCUT2D eigenvalue weighted by molar-refractivity contribution is 0.0524. The van der Waals surface area contributed by atoms with E-state index in [1.807, 2.05) is 0 Å². The van der Waals surface area contributed by atoms with Gasteiger partial charge < -0.3 is 15.2 Å². The highest BCUT2D eigenvalue weighted by Gasteiger charge is 2.12. The molecule has 6 heteroatoms. The van der Waals surface area contributed by atoms with E-state index in [9.17, 15) is 4.79 Å². The van der Waals surface area contributed by atoms with Gasteiger partial charge in [0.2, 0.25) is 5.95 Å². The van der Waals surface area contributed by atoms with Gasteiger partial charge in [-0.3, -0.25) is 0 Å². The second-order valence-electron chi connectivity index (χ2n) is 4.33. The zero-order valence-electron chi connectivity index (χ0n) is 11.6. The SMILES string of the molecule is CCOC(=O)c1cnc(NCCCC(C)O)nc1C. The first-order valence-electron chi connectivity index (χ1n) is 6.47. The van der Waals surface area contributed by atoms with Gasteiger partial charge in [-0.1, -0.05) is 0 Å². The van der Waals surface area contributed by atoms with Crippen molar-refractivity contribution in [3.8, 4) is 0 Å². The number of nitrogens with one attached hydrogen (secondary N) is 1. The van der Waals surface area contributed by atoms with Crippen molar-refractivity contribution in [2.24, 2.45) is 0 Å². The molecule has 2 N–H and O–H groups in total. The smallest absolute Gasteiger partial charge is 0.341 e. The molecular weight excluding hydrogens is 246 g/mol. The van der Waals surface area contributed by atoms with Crippen LogP contribution in [0.2, 0.25) is 0 Å². The zero-order chi connectivity index (χ0) is 14.3. The first-order valence-corrected chi connectivity index (χ1v) is 6.47. The molecule has 0 saturated heterocycles. The molecule has 6 nitrogen and oxygen atoms in total. The molecule has 0 fully saturated rings. The number of nitrogens with zero attached hydrogens (tertiary/aromatic N) is 2. The van der Waals surface area contributed by atoms with Crippen molar-refractivity contribution < 1.29 is 14.6 Å². The van der Waals surface area contributed by atoms with Gasteiger partial charge in [-0.15, -0.1) is 0 Å². The lowest BCUT2D eigenvalue weighted by Gasteiger charge is -2.08. The van der Waals surface area contributed by atoms with Crippen LogP contribution in [0.15, 0.2) is 6.20 Å². The second kappa shape index (κ2) is 7.68. The highest BCUT2D eigenvalue weighted by Crippen LogP contribution is 2.09. The topological polar surface area (TPSA) is 84.3 Å². The zero-order valence-corrected chi connectivity index (χ0v) is 11.6. The van der Waals surface area contributed by atoms with E-state index in [1.165, 1.54) is 6.20 Å². The average Bonchev–Trinajstić information content (AvgIpc) is 2.34. The van der Waals surface area contributed by atoms with E-state index in [0.29, 0.717) is 30.4 Å². The maximum atomic E-state index is 11.6. The Balaban J connectivity index is 2.54. The van der Waals surface area contributed by atoms with Crippen LogP contribution in [0, 0.1) is 6.92 Å². The third kappa shape index (κ3) is 5.21. The van der Waals surface area contributed by atoms with Crippen molar-refractivity contribution in [3.05, 3.63) is 17.5 Å². The number of aryl methyl sites for hydroxylation is 1. The van der Waals surface area contributed by atoms with Gasteiger partial charge in [0.1, 0.15) is 0 Å². The fourth-order valence-electron chi connectivity index (χ4n) is 1.56. The standard InChI is InChI=1S/C13H21N3O3/c1-4-19-12(18)11-8-15-13(16-10(11)3)14-7-5-6-9(2)17/h8-9,17H,4-7H2,1-3H3,(H,14,15,16). The molecule has 0 aliphatic rings. The molecule has 0 bridgehead atoms. The van der Waals surface area contributed by atoms with Crippen LogP contribution in [0.1, 0.15) is 42.7 Å². The summed E-state index contributed by atoms with van der Waals surface area (Å²) in [6, 6.07) is 0. The lowest BCUT2D eigenvalue weighted by atomic mass is 10.2. The Labute approximate surface area is 113 Å². The second-order valence-corrected chi connectivity index (χ2v) is 4.33. The number of hydrogen-bond acceptors (Lipinski definition) is 6. The predicted octanol–water partition coefficient (Wildman–Crippen LogP) is 1.53. The summed E-state index contributed by atoms with van der Waals surface area (Å²) in [6.07, 6.45) is 2.74. The molecule has 0 amide bonds. The van der Waals surface area contributed by atoms with Crippen LogP contribution >= 0.6 is 0 Å². The Kier molecular flexibility index (Phi) is 6.21. The Morgan fingerprint density at radius 3 is 2.89 bits per heavy atom. The molecule has 0 radical (unpaired) electrons. The van der Waals surface area contributed by atoms with Crippen molar-refractivity contribution >= 4 is 11.9 Å². The number of esters is 1. The molecule has 1 atom stereocenters. The number of hydrogen-bond donors (Lipinski definition) is 2. The Bertz CT molecular complexity index is 422. The largest absolute Gasteiger partial charge is 0.462 e. The van der Waals surface area contributed by atoms with Crippen LogP contribution < -0.4 is 5.32 Å². The molecule has 0 aliphatic carbocycles. The van der Waals surface area contributed by atoms with Crippen LogP contribution in [0.5, 0.6) is 0 Å². The maximum Gasteiger partial charge on any atom is 0.341 e. The minimum absolute atomic E-state index is 0.296. The van der Waals surface area contributed by atoms with Crippen molar-refractivity contribution in [2.75, 3.05) is 18.5 Å². The van der Waals surface area contributed by atoms with E-state index in [1.54, 1.807) is 20.8 Å². The van der Waals surface area contributed by atoms with Gasteiger partial charge >= 0.3 is 5.97 Å². The highest BCUT2D eigenvalue weighted by molar-refractivity contribution is 5.90. The van der Waals surface area contributed by atoms with Gasteiger partial charge in [0.05, 0.1) is 24.0 Å². The van der Waals surface area contributed by atoms with E-state index in [-0.39, 0.29) is 6.10 Å². The summed E-state index contributed by atoms with van der Waals surface area (Å²) in [5.74, 6) is 0.0804. The summed E-state index contributed by atoms with van der Waals surface area (Å²) in [5.41, 5.74) is 0.975. The summed E-state index contributed by atoms with van der Waals surface area (Å²) in [7, 11) is 0. The van der Waals surface area contributed by atoms with E-state index in [4.69, 9.17) is 9.84 Å². The highest BCUT2D eigenvalue weighted by atomic mass is 16.5. The van der Waals surface area contributed by atoms with Crippen LogP contribution in [0.25, 0.3) is 0 Å². The lowest BCUT2D eigenvalue weighted by Crippen LogP contribution is -2.12. The van der Waals surface area contributed by atoms with Gasteiger partial charge in [-0.2, -0.15) is 0 Å². The van der Waals surface area contributed by atoms with Gasteiger partial charge in [0.25, 0.3) is 0 Å². The first-order chi connectivity index (χ1) is 9.04. The molecule has 19 heavy (non-hydrogen) atoms. The predicted molar refractivity (Wildman–Crippen MR) is 72.1 cm³/mol. The molecular formula is C13H21N3O3. The molecule has 1 unspecified atom stereocenters. The number of anilines is 1. The van der Waals surface area contributed by atoms with E-state index in [2.05, 4.69) is 15.3 Å². The molecule has 0 saturated carbocycles. The summed E-state index contributed by atoms with van der Waals surface area (Å²) in [4.78, 5) is 19.8. The Morgan fingerprint density at radius 1 is 1.58 bits per heavy atom. The quantitative estimate of drug-likeness (QED) is 0.576. The van der Waals surface area contributed by atoms with Gasteiger partial charge in [0, 0.05) is 12.7 Å². The van der Waals surface area contributed by atoms with Crippen LogP contribution in [0.4, 0.5) is 5.95 Å². The normalized spacial score (nSPS) is 12.0. The number of carbonyl (C=O) groups is 1. The molecule has 0 spiro atoms. The maximum absolute atomic E-state index is 11.6. The number of rotatable bonds is 7. The fourth-order valence-corrected chi connectivity index (χ4v) is 1.56. The monoisotopic (exact) mass is 267 g/mol. The van der Waals surface area contributed by atoms with Gasteiger partial charge in [-0.05, 0) is 33.6 Å². The molecule has 0 aromatic carbocycles. The average molecular weight is 267 g/mol. The Morgan fingerprint density at radius 2 is 2.32 bits per heavy atom. The number of aliphatic hydroxyl groups is 1. The third-order valence-corrected chi connectivity index (χ3v) is 2.56. The minimum Gasteiger partial charge on any atom is -0.462 e. The van der Waals surface area contributed by atoms with Gasteiger partial charge in [-0.25, -0.2) is 14.8 Å². The van der Waals surface area contributed by atoms with Crippen molar-refractivity contribution in [1.29, 1.82) is 0 Å². The van der Waals surface area contributed by atoms with E-state index < -0.39 is 5.97 Å². The summed E-state index contributed by atoms with van der Waals surface area (Å²) >= 11 is 0. The number of carbonyl (C=O) groups excluding carboxylic acids is 1. The van der Waals surface area contributed by atoms with Crippen LogP contribution in [0.3, 0.4) is 0 Å². The molecule has 1 rings (SSSR count). The van der Waals surface area contributed by atoms with Crippen molar-refractivity contribution in [1.82, 2.24) is 9.97 Å². The molecule has 1 heterocycles. The summed E-state index contributed by atoms with van der Waals surface area (Å²) in [5, 5.41) is 12.2. The first kappa shape index (κ1) is 15.4. The fraction of sp³-hybridized carbons (Fsp3) is 0.615. The minimum atomic E-state index is -0.402. The van der Waals surface area contributed by atoms with E-state index >= 15 is 0 Å². The molecule has 106 valence electrons. The van der Waals surface area contributed by atoms with Crippen LogP contribution in [-0.2, 0) is 4.74 Å². The van der Waals surface area contributed by atoms with Gasteiger partial charge in [0.15, 0.2) is 0 Å².